The van der Waals surface area contributed by atoms with Crippen LogP contribution in [-0.2, 0) is 26.1 Å². The lowest BCUT2D eigenvalue weighted by Gasteiger charge is -2.58. The molecule has 5 unspecified atom stereocenters. The lowest BCUT2D eigenvalue weighted by atomic mass is 9.56. The highest BCUT2D eigenvalue weighted by Gasteiger charge is 2.63. The van der Waals surface area contributed by atoms with Gasteiger partial charge in [-0.25, -0.2) is 0 Å². The number of piperidine rings is 2. The van der Waals surface area contributed by atoms with Gasteiger partial charge in [-0.2, -0.15) is 0 Å². The van der Waals surface area contributed by atoms with Gasteiger partial charge in [0.05, 0.1) is 6.61 Å². The van der Waals surface area contributed by atoms with E-state index in [9.17, 15) is 9.90 Å². The fourth-order valence-corrected chi connectivity index (χ4v) is 6.51. The van der Waals surface area contributed by atoms with Crippen molar-refractivity contribution in [2.75, 3.05) is 40.0 Å². The molecule has 5 atom stereocenters. The minimum atomic E-state index is -0.695. The molecule has 29 heavy (non-hydrogen) atoms. The molecule has 2 N–H and O–H groups in total. The maximum atomic E-state index is 13.7. The Hall–Kier alpha value is -1.89. The quantitative estimate of drug-likeness (QED) is 0.730. The van der Waals surface area contributed by atoms with Gasteiger partial charge in [0.25, 0.3) is 0 Å². The fraction of sp³-hybridized carbons (Fsp3) is 0.609. The number of aromatic amines is 1. The van der Waals surface area contributed by atoms with Crippen LogP contribution in [0.25, 0.3) is 10.9 Å². The number of fused-ring (bicyclic) bond motifs is 4. The van der Waals surface area contributed by atoms with Gasteiger partial charge in [0, 0.05) is 49.4 Å². The number of para-hydroxylation sites is 1. The molecule has 2 saturated heterocycles. The SMILES string of the molecule is COCCC1CC2CN3CCc4c([nH]c5ccccc45)C(C(=O)OCCO)(C2)C13. The van der Waals surface area contributed by atoms with Gasteiger partial charge in [-0.05, 0) is 49.1 Å². The van der Waals surface area contributed by atoms with Crippen LogP contribution in [0.4, 0.5) is 0 Å². The summed E-state index contributed by atoms with van der Waals surface area (Å²) in [6.07, 6.45) is 3.87. The second kappa shape index (κ2) is 7.42. The van der Waals surface area contributed by atoms with Gasteiger partial charge < -0.3 is 19.6 Å². The van der Waals surface area contributed by atoms with Crippen LogP contribution in [0.5, 0.6) is 0 Å². The number of ether oxygens (including phenoxy) is 2. The predicted molar refractivity (Wildman–Crippen MR) is 110 cm³/mol. The Bertz CT molecular complexity index is 909. The van der Waals surface area contributed by atoms with Gasteiger partial charge in [-0.3, -0.25) is 9.69 Å². The fourth-order valence-electron chi connectivity index (χ4n) is 6.51. The van der Waals surface area contributed by atoms with Gasteiger partial charge in [0.15, 0.2) is 0 Å². The van der Waals surface area contributed by atoms with Crippen molar-refractivity contribution in [2.45, 2.75) is 37.1 Å². The van der Waals surface area contributed by atoms with E-state index in [1.165, 1.54) is 10.9 Å². The summed E-state index contributed by atoms with van der Waals surface area (Å²) in [4.78, 5) is 19.9. The third kappa shape index (κ3) is 2.84. The Morgan fingerprint density at radius 2 is 2.21 bits per heavy atom. The molecule has 6 rings (SSSR count). The molecule has 2 aromatic rings. The highest BCUT2D eigenvalue weighted by Crippen LogP contribution is 2.55. The summed E-state index contributed by atoms with van der Waals surface area (Å²) in [6.45, 7) is 2.64. The second-order valence-corrected chi connectivity index (χ2v) is 8.89. The standard InChI is InChI=1S/C23H30N2O4/c1-28-10-7-16-12-15-13-23(22(27)29-11-9-26)20-18(6-8-25(14-15)21(16)23)17-4-2-3-5-19(17)24-20/h2-5,15-16,21,24,26H,6-14H2,1H3. The zero-order valence-corrected chi connectivity index (χ0v) is 17.0. The first-order valence-corrected chi connectivity index (χ1v) is 10.8. The number of aromatic nitrogens is 1. The maximum Gasteiger partial charge on any atom is 0.319 e. The molecule has 1 aliphatic carbocycles. The van der Waals surface area contributed by atoms with Crippen LogP contribution in [0.2, 0.25) is 0 Å². The molecule has 6 nitrogen and oxygen atoms in total. The Balaban J connectivity index is 1.68. The number of aliphatic hydroxyl groups excluding tert-OH is 1. The van der Waals surface area contributed by atoms with Crippen molar-refractivity contribution in [3.8, 4) is 0 Å². The Morgan fingerprint density at radius 1 is 1.34 bits per heavy atom. The van der Waals surface area contributed by atoms with Crippen LogP contribution in [0.3, 0.4) is 0 Å². The summed E-state index contributed by atoms with van der Waals surface area (Å²) >= 11 is 0. The molecule has 4 aliphatic rings. The van der Waals surface area contributed by atoms with Crippen LogP contribution < -0.4 is 0 Å². The molecular formula is C23H30N2O4. The van der Waals surface area contributed by atoms with Gasteiger partial charge >= 0.3 is 5.97 Å². The number of aliphatic hydroxyl groups is 1. The van der Waals surface area contributed by atoms with Gasteiger partial charge in [-0.1, -0.05) is 18.2 Å². The van der Waals surface area contributed by atoms with Crippen molar-refractivity contribution in [1.29, 1.82) is 0 Å². The molecule has 1 saturated carbocycles. The predicted octanol–water partition coefficient (Wildman–Crippen LogP) is 2.24. The number of hydrogen-bond acceptors (Lipinski definition) is 5. The number of carbonyl (C=O) groups is 1. The summed E-state index contributed by atoms with van der Waals surface area (Å²) in [6, 6.07) is 8.47. The zero-order valence-electron chi connectivity index (χ0n) is 17.0. The first-order valence-electron chi connectivity index (χ1n) is 10.8. The molecule has 0 amide bonds. The van der Waals surface area contributed by atoms with E-state index in [0.717, 1.165) is 50.0 Å². The lowest BCUT2D eigenvalue weighted by molar-refractivity contribution is -0.166. The van der Waals surface area contributed by atoms with Crippen LogP contribution in [0, 0.1) is 11.8 Å². The Kier molecular flexibility index (Phi) is 4.88. The third-order valence-corrected chi connectivity index (χ3v) is 7.37. The average molecular weight is 399 g/mol. The van der Waals surface area contributed by atoms with E-state index in [2.05, 4.69) is 28.1 Å². The summed E-state index contributed by atoms with van der Waals surface area (Å²) in [5.41, 5.74) is 2.72. The minimum absolute atomic E-state index is 0.0519. The van der Waals surface area contributed by atoms with Gasteiger partial charge in [-0.15, -0.1) is 0 Å². The minimum Gasteiger partial charge on any atom is -0.462 e. The summed E-state index contributed by atoms with van der Waals surface area (Å²) in [7, 11) is 1.75. The monoisotopic (exact) mass is 398 g/mol. The van der Waals surface area contributed by atoms with Crippen molar-refractivity contribution in [2.24, 2.45) is 11.8 Å². The van der Waals surface area contributed by atoms with Crippen LogP contribution in [-0.4, -0.2) is 67.0 Å². The lowest BCUT2D eigenvalue weighted by Crippen LogP contribution is -2.67. The maximum absolute atomic E-state index is 13.7. The normalized spacial score (nSPS) is 32.8. The summed E-state index contributed by atoms with van der Waals surface area (Å²) < 4.78 is 11.1. The molecule has 0 spiro atoms. The molecule has 3 aliphatic heterocycles. The van der Waals surface area contributed by atoms with Crippen molar-refractivity contribution in [3.05, 3.63) is 35.5 Å². The second-order valence-electron chi connectivity index (χ2n) is 8.89. The Labute approximate surface area is 171 Å². The molecule has 156 valence electrons. The first kappa shape index (κ1) is 19.1. The van der Waals surface area contributed by atoms with E-state index >= 15 is 0 Å². The number of benzene rings is 1. The van der Waals surface area contributed by atoms with Crippen LogP contribution in [0.15, 0.2) is 24.3 Å². The number of carbonyl (C=O) groups excluding carboxylic acids is 1. The smallest absolute Gasteiger partial charge is 0.319 e. The van der Waals surface area contributed by atoms with Crippen LogP contribution in [0.1, 0.15) is 30.5 Å². The molecule has 4 heterocycles. The van der Waals surface area contributed by atoms with E-state index in [0.29, 0.717) is 18.4 Å². The third-order valence-electron chi connectivity index (χ3n) is 7.37. The number of H-pyrrole nitrogens is 1. The summed E-state index contributed by atoms with van der Waals surface area (Å²) in [5.74, 6) is 0.699. The van der Waals surface area contributed by atoms with E-state index < -0.39 is 5.41 Å². The molecule has 3 fully saturated rings. The molecule has 4 bridgehead atoms. The Morgan fingerprint density at radius 3 is 3.03 bits per heavy atom. The highest BCUT2D eigenvalue weighted by atomic mass is 16.5. The number of nitrogens with one attached hydrogen (secondary N) is 1. The first-order chi connectivity index (χ1) is 14.2. The molecule has 0 radical (unpaired) electrons. The number of methoxy groups -OCH3 is 1. The van der Waals surface area contributed by atoms with Crippen molar-refractivity contribution < 1.29 is 19.4 Å². The number of nitrogens with zero attached hydrogens (tertiary/aromatic N) is 1. The van der Waals surface area contributed by atoms with E-state index in [1.807, 2.05) is 6.07 Å². The van der Waals surface area contributed by atoms with Gasteiger partial charge in [0.1, 0.15) is 12.0 Å². The van der Waals surface area contributed by atoms with Crippen LogP contribution >= 0.6 is 0 Å². The highest BCUT2D eigenvalue weighted by molar-refractivity contribution is 5.91. The number of hydrogen-bond donors (Lipinski definition) is 2. The summed E-state index contributed by atoms with van der Waals surface area (Å²) in [5, 5.41) is 10.5. The molecule has 6 heteroatoms. The molecule has 1 aromatic carbocycles. The average Bonchev–Trinajstić information content (AvgIpc) is 3.09. The van der Waals surface area contributed by atoms with E-state index in [4.69, 9.17) is 9.47 Å². The van der Waals surface area contributed by atoms with Crippen molar-refractivity contribution >= 4 is 16.9 Å². The molecular weight excluding hydrogens is 368 g/mol. The zero-order chi connectivity index (χ0) is 20.0. The number of rotatable bonds is 6. The molecule has 1 aromatic heterocycles. The van der Waals surface area contributed by atoms with E-state index in [1.54, 1.807) is 7.11 Å². The largest absolute Gasteiger partial charge is 0.462 e. The van der Waals surface area contributed by atoms with Gasteiger partial charge in [0.2, 0.25) is 0 Å². The van der Waals surface area contributed by atoms with Crippen molar-refractivity contribution in [1.82, 2.24) is 9.88 Å². The number of esters is 1. The van der Waals surface area contributed by atoms with E-state index in [-0.39, 0.29) is 25.2 Å². The van der Waals surface area contributed by atoms with Crippen molar-refractivity contribution in [3.63, 3.8) is 0 Å². The topological polar surface area (TPSA) is 74.8 Å².